The third-order valence-electron chi connectivity index (χ3n) is 4.10. The maximum absolute atomic E-state index is 13.7. The highest BCUT2D eigenvalue weighted by Crippen LogP contribution is 2.30. The number of halogens is 1. The van der Waals surface area contributed by atoms with Crippen LogP contribution < -0.4 is 14.8 Å². The molecule has 0 aliphatic carbocycles. The Morgan fingerprint density at radius 3 is 2.66 bits per heavy atom. The van der Waals surface area contributed by atoms with Gasteiger partial charge in [-0.2, -0.15) is 0 Å². The number of benzene rings is 2. The topological polar surface area (TPSA) is 105 Å². The summed E-state index contributed by atoms with van der Waals surface area (Å²) in [4.78, 5) is 35.3. The third kappa shape index (κ3) is 4.52. The molecular weight excluding hydrogens is 383 g/mol. The van der Waals surface area contributed by atoms with Gasteiger partial charge in [-0.25, -0.2) is 14.1 Å². The predicted octanol–water partition coefficient (Wildman–Crippen LogP) is 2.39. The number of imide groups is 1. The van der Waals surface area contributed by atoms with E-state index in [1.54, 1.807) is 36.4 Å². The van der Waals surface area contributed by atoms with Crippen LogP contribution in [-0.2, 0) is 16.2 Å². The minimum Gasteiger partial charge on any atom is -0.493 e. The van der Waals surface area contributed by atoms with Crippen LogP contribution in [0.4, 0.5) is 9.18 Å². The number of aliphatic carboxylic acids is 1. The average Bonchev–Trinajstić information content (AvgIpc) is 2.95. The number of hydrogen-bond acceptors (Lipinski definition) is 5. The monoisotopic (exact) mass is 400 g/mol. The van der Waals surface area contributed by atoms with Gasteiger partial charge < -0.3 is 19.9 Å². The van der Waals surface area contributed by atoms with Crippen molar-refractivity contribution in [2.45, 2.75) is 6.61 Å². The maximum atomic E-state index is 13.7. The lowest BCUT2D eigenvalue weighted by Crippen LogP contribution is -2.35. The number of nitrogens with one attached hydrogen (secondary N) is 1. The van der Waals surface area contributed by atoms with Crippen molar-refractivity contribution in [3.8, 4) is 11.5 Å². The Hall–Kier alpha value is -3.88. The molecule has 9 heteroatoms. The SMILES string of the molecule is COc1cc(/C=C2/NC(=O)N(CC(=O)O)C2=O)ccc1OCc1ccccc1F. The third-order valence-corrected chi connectivity index (χ3v) is 4.10. The molecule has 0 aromatic heterocycles. The van der Waals surface area contributed by atoms with Crippen LogP contribution in [0, 0.1) is 5.82 Å². The van der Waals surface area contributed by atoms with E-state index in [9.17, 15) is 18.8 Å². The van der Waals surface area contributed by atoms with Crippen LogP contribution in [0.25, 0.3) is 6.08 Å². The molecule has 1 saturated heterocycles. The highest BCUT2D eigenvalue weighted by Gasteiger charge is 2.34. The number of carbonyl (C=O) groups is 3. The standard InChI is InChI=1S/C20H17FN2O6/c1-28-17-9-12(8-15-19(26)23(10-18(24)25)20(27)22-15)6-7-16(17)29-11-13-4-2-3-5-14(13)21/h2-9H,10-11H2,1H3,(H,22,27)(H,24,25)/b15-8+. The molecule has 0 unspecified atom stereocenters. The predicted molar refractivity (Wildman–Crippen MR) is 99.6 cm³/mol. The molecule has 0 bridgehead atoms. The van der Waals surface area contributed by atoms with E-state index in [1.807, 2.05) is 0 Å². The zero-order valence-electron chi connectivity index (χ0n) is 15.3. The molecule has 2 aromatic rings. The van der Waals surface area contributed by atoms with Crippen LogP contribution in [0.3, 0.4) is 0 Å². The van der Waals surface area contributed by atoms with Gasteiger partial charge in [-0.05, 0) is 29.8 Å². The van der Waals surface area contributed by atoms with Crippen molar-refractivity contribution in [1.82, 2.24) is 10.2 Å². The molecule has 0 radical (unpaired) electrons. The van der Waals surface area contributed by atoms with Crippen LogP contribution in [0.2, 0.25) is 0 Å². The van der Waals surface area contributed by atoms with Crippen LogP contribution in [0.1, 0.15) is 11.1 Å². The summed E-state index contributed by atoms with van der Waals surface area (Å²) in [6.45, 7) is -0.726. The van der Waals surface area contributed by atoms with Crippen molar-refractivity contribution in [2.24, 2.45) is 0 Å². The Kier molecular flexibility index (Phi) is 5.77. The van der Waals surface area contributed by atoms with Crippen molar-refractivity contribution in [1.29, 1.82) is 0 Å². The zero-order chi connectivity index (χ0) is 21.0. The molecule has 1 aliphatic heterocycles. The van der Waals surface area contributed by atoms with Gasteiger partial charge >= 0.3 is 12.0 Å². The Bertz CT molecular complexity index is 1000. The Morgan fingerprint density at radius 2 is 1.97 bits per heavy atom. The quantitative estimate of drug-likeness (QED) is 0.546. The largest absolute Gasteiger partial charge is 0.493 e. The lowest BCUT2D eigenvalue weighted by molar-refractivity contribution is -0.140. The second kappa shape index (κ2) is 8.42. The number of urea groups is 1. The summed E-state index contributed by atoms with van der Waals surface area (Å²) in [6.07, 6.45) is 1.39. The van der Waals surface area contributed by atoms with Crippen LogP contribution >= 0.6 is 0 Å². The van der Waals surface area contributed by atoms with E-state index in [0.717, 1.165) is 0 Å². The summed E-state index contributed by atoms with van der Waals surface area (Å²) in [5.74, 6) is -1.71. The maximum Gasteiger partial charge on any atom is 0.329 e. The van der Waals surface area contributed by atoms with E-state index in [1.165, 1.54) is 19.3 Å². The van der Waals surface area contributed by atoms with Crippen LogP contribution in [-0.4, -0.2) is 41.6 Å². The molecule has 29 heavy (non-hydrogen) atoms. The highest BCUT2D eigenvalue weighted by atomic mass is 19.1. The number of ether oxygens (including phenoxy) is 2. The fourth-order valence-corrected chi connectivity index (χ4v) is 2.68. The first-order valence-electron chi connectivity index (χ1n) is 8.49. The second-order valence-corrected chi connectivity index (χ2v) is 6.06. The van der Waals surface area contributed by atoms with Crippen molar-refractivity contribution in [3.05, 3.63) is 65.1 Å². The smallest absolute Gasteiger partial charge is 0.329 e. The molecule has 0 saturated carbocycles. The summed E-state index contributed by atoms with van der Waals surface area (Å²) in [6, 6.07) is 10.2. The van der Waals surface area contributed by atoms with Gasteiger partial charge in [0.25, 0.3) is 5.91 Å². The van der Waals surface area contributed by atoms with E-state index in [-0.39, 0.29) is 18.1 Å². The first-order chi connectivity index (χ1) is 13.9. The van der Waals surface area contributed by atoms with Gasteiger partial charge in [-0.3, -0.25) is 9.59 Å². The van der Waals surface area contributed by atoms with Gasteiger partial charge in [-0.15, -0.1) is 0 Å². The van der Waals surface area contributed by atoms with Gasteiger partial charge in [0.2, 0.25) is 0 Å². The highest BCUT2D eigenvalue weighted by molar-refractivity contribution is 6.15. The van der Waals surface area contributed by atoms with Crippen molar-refractivity contribution in [2.75, 3.05) is 13.7 Å². The van der Waals surface area contributed by atoms with Gasteiger partial charge in [0.1, 0.15) is 24.7 Å². The first kappa shape index (κ1) is 19.9. The number of rotatable bonds is 7. The molecule has 150 valence electrons. The minimum atomic E-state index is -1.30. The fourth-order valence-electron chi connectivity index (χ4n) is 2.68. The van der Waals surface area contributed by atoms with Crippen LogP contribution in [0.5, 0.6) is 11.5 Å². The Labute approximate surface area is 165 Å². The molecular formula is C20H17FN2O6. The number of carbonyl (C=O) groups excluding carboxylic acids is 2. The number of carboxylic acid groups (broad SMARTS) is 1. The summed E-state index contributed by atoms with van der Waals surface area (Å²) >= 11 is 0. The molecule has 1 fully saturated rings. The molecule has 3 amide bonds. The molecule has 2 aromatic carbocycles. The summed E-state index contributed by atoms with van der Waals surface area (Å²) in [5, 5.41) is 11.1. The number of amides is 3. The molecule has 2 N–H and O–H groups in total. The number of carboxylic acids is 1. The molecule has 1 aliphatic rings. The summed E-state index contributed by atoms with van der Waals surface area (Å²) in [7, 11) is 1.43. The zero-order valence-corrected chi connectivity index (χ0v) is 15.3. The lowest BCUT2D eigenvalue weighted by Gasteiger charge is -2.12. The molecule has 8 nitrogen and oxygen atoms in total. The molecule has 1 heterocycles. The Balaban J connectivity index is 1.77. The van der Waals surface area contributed by atoms with E-state index in [4.69, 9.17) is 14.6 Å². The summed E-state index contributed by atoms with van der Waals surface area (Å²) in [5.41, 5.74) is 0.845. The second-order valence-electron chi connectivity index (χ2n) is 6.06. The first-order valence-corrected chi connectivity index (χ1v) is 8.49. The minimum absolute atomic E-state index is 0.00214. The van der Waals surface area contributed by atoms with E-state index >= 15 is 0 Å². The number of hydrogen-bond donors (Lipinski definition) is 2. The van der Waals surface area contributed by atoms with Crippen molar-refractivity contribution >= 4 is 24.0 Å². The lowest BCUT2D eigenvalue weighted by atomic mass is 10.1. The van der Waals surface area contributed by atoms with Crippen molar-refractivity contribution in [3.63, 3.8) is 0 Å². The van der Waals surface area contributed by atoms with E-state index < -0.39 is 24.5 Å². The van der Waals surface area contributed by atoms with Gasteiger partial charge in [-0.1, -0.05) is 24.3 Å². The van der Waals surface area contributed by atoms with E-state index in [0.29, 0.717) is 27.5 Å². The molecule has 0 atom stereocenters. The van der Waals surface area contributed by atoms with Gasteiger partial charge in [0, 0.05) is 5.56 Å². The number of nitrogens with zero attached hydrogens (tertiary/aromatic N) is 1. The van der Waals surface area contributed by atoms with E-state index in [2.05, 4.69) is 5.32 Å². The normalized spacial score (nSPS) is 14.8. The molecule has 0 spiro atoms. The van der Waals surface area contributed by atoms with Gasteiger partial charge in [0.15, 0.2) is 11.5 Å². The van der Waals surface area contributed by atoms with Gasteiger partial charge in [0.05, 0.1) is 7.11 Å². The number of methoxy groups -OCH3 is 1. The fraction of sp³-hybridized carbons (Fsp3) is 0.150. The van der Waals surface area contributed by atoms with Crippen molar-refractivity contribution < 1.29 is 33.4 Å². The van der Waals surface area contributed by atoms with Crippen LogP contribution in [0.15, 0.2) is 48.2 Å². The average molecular weight is 400 g/mol. The molecule has 3 rings (SSSR count). The summed E-state index contributed by atoms with van der Waals surface area (Å²) < 4.78 is 24.6. The Morgan fingerprint density at radius 1 is 1.21 bits per heavy atom.